The van der Waals surface area contributed by atoms with Crippen LogP contribution in [0.25, 0.3) is 0 Å². The molecule has 0 spiro atoms. The van der Waals surface area contributed by atoms with E-state index in [9.17, 15) is 0 Å². The predicted octanol–water partition coefficient (Wildman–Crippen LogP) is 2.17. The maximum Gasteiger partial charge on any atom is 0.166 e. The fourth-order valence-electron chi connectivity index (χ4n) is 1.05. The molecule has 0 heterocycles. The Hall–Kier alpha value is -0.350. The van der Waals surface area contributed by atoms with E-state index in [-0.39, 0.29) is 0 Å². The molecule has 0 saturated carbocycles. The van der Waals surface area contributed by atoms with Gasteiger partial charge in [-0.1, -0.05) is 27.7 Å². The number of rotatable bonds is 8. The molecule has 0 amide bonds. The zero-order chi connectivity index (χ0) is 12.4. The van der Waals surface area contributed by atoms with E-state index in [1.807, 2.05) is 0 Å². The van der Waals surface area contributed by atoms with Gasteiger partial charge in [-0.05, 0) is 30.5 Å². The maximum atomic E-state index is 5.47. The van der Waals surface area contributed by atoms with Crippen LogP contribution in [0.15, 0.2) is 0 Å². The number of thiocarbonyl (C=S) groups is 1. The lowest BCUT2D eigenvalue weighted by Gasteiger charge is -2.12. The van der Waals surface area contributed by atoms with Crippen molar-refractivity contribution in [3.63, 3.8) is 0 Å². The fourth-order valence-corrected chi connectivity index (χ4v) is 1.24. The molecule has 2 N–H and O–H groups in total. The highest BCUT2D eigenvalue weighted by Gasteiger charge is 1.97. The average molecular weight is 246 g/mol. The third-order valence-electron chi connectivity index (χ3n) is 1.87. The van der Waals surface area contributed by atoms with E-state index < -0.39 is 0 Å². The second kappa shape index (κ2) is 9.85. The van der Waals surface area contributed by atoms with Crippen LogP contribution in [-0.4, -0.2) is 31.4 Å². The summed E-state index contributed by atoms with van der Waals surface area (Å²) >= 11 is 5.13. The highest BCUT2D eigenvalue weighted by Crippen LogP contribution is 1.92. The smallest absolute Gasteiger partial charge is 0.166 e. The van der Waals surface area contributed by atoms with Gasteiger partial charge in [0.15, 0.2) is 5.11 Å². The third kappa shape index (κ3) is 11.7. The summed E-state index contributed by atoms with van der Waals surface area (Å²) in [5.74, 6) is 1.23. The van der Waals surface area contributed by atoms with Crippen molar-refractivity contribution in [3.8, 4) is 0 Å². The van der Waals surface area contributed by atoms with E-state index in [4.69, 9.17) is 17.0 Å². The van der Waals surface area contributed by atoms with Gasteiger partial charge in [0.25, 0.3) is 0 Å². The Bertz CT molecular complexity index is 184. The highest BCUT2D eigenvalue weighted by atomic mass is 32.1. The molecule has 96 valence electrons. The molecular formula is C12H26N2OS. The van der Waals surface area contributed by atoms with Crippen molar-refractivity contribution in [2.45, 2.75) is 34.1 Å². The quantitative estimate of drug-likeness (QED) is 0.508. The normalized spacial score (nSPS) is 10.9. The van der Waals surface area contributed by atoms with Gasteiger partial charge in [0, 0.05) is 26.3 Å². The van der Waals surface area contributed by atoms with Crippen molar-refractivity contribution in [2.24, 2.45) is 11.8 Å². The molecule has 4 heteroatoms. The van der Waals surface area contributed by atoms with E-state index in [1.165, 1.54) is 0 Å². The molecule has 3 nitrogen and oxygen atoms in total. The lowest BCUT2D eigenvalue weighted by molar-refractivity contribution is 0.108. The van der Waals surface area contributed by atoms with Gasteiger partial charge < -0.3 is 15.4 Å². The molecule has 0 aliphatic heterocycles. The van der Waals surface area contributed by atoms with E-state index in [1.54, 1.807) is 0 Å². The van der Waals surface area contributed by atoms with Gasteiger partial charge in [-0.15, -0.1) is 0 Å². The summed E-state index contributed by atoms with van der Waals surface area (Å²) in [5.41, 5.74) is 0. The summed E-state index contributed by atoms with van der Waals surface area (Å²) in [5, 5.41) is 7.08. The summed E-state index contributed by atoms with van der Waals surface area (Å²) in [7, 11) is 0. The lowest BCUT2D eigenvalue weighted by atomic mass is 10.2. The number of nitrogens with one attached hydrogen (secondary N) is 2. The summed E-state index contributed by atoms with van der Waals surface area (Å²) in [6.07, 6.45) is 0.996. The average Bonchev–Trinajstić information content (AvgIpc) is 2.19. The van der Waals surface area contributed by atoms with Crippen LogP contribution < -0.4 is 10.6 Å². The van der Waals surface area contributed by atoms with E-state index >= 15 is 0 Å². The molecule has 0 aromatic heterocycles. The second-order valence-electron chi connectivity index (χ2n) is 4.85. The summed E-state index contributed by atoms with van der Waals surface area (Å²) in [6.45, 7) is 12.1. The third-order valence-corrected chi connectivity index (χ3v) is 2.16. The van der Waals surface area contributed by atoms with Crippen LogP contribution >= 0.6 is 12.2 Å². The Labute approximate surface area is 105 Å². The Morgan fingerprint density at radius 1 is 1.12 bits per heavy atom. The van der Waals surface area contributed by atoms with Crippen LogP contribution in [0.1, 0.15) is 34.1 Å². The largest absolute Gasteiger partial charge is 0.381 e. The van der Waals surface area contributed by atoms with Crippen LogP contribution in [0.3, 0.4) is 0 Å². The first-order chi connectivity index (χ1) is 7.52. The Balaban J connectivity index is 3.21. The molecular weight excluding hydrogens is 220 g/mol. The molecule has 0 unspecified atom stereocenters. The first kappa shape index (κ1) is 15.7. The molecule has 0 aliphatic carbocycles. The van der Waals surface area contributed by atoms with Crippen molar-refractivity contribution in [2.75, 3.05) is 26.3 Å². The Morgan fingerprint density at radius 2 is 1.81 bits per heavy atom. The van der Waals surface area contributed by atoms with Gasteiger partial charge in [-0.2, -0.15) is 0 Å². The van der Waals surface area contributed by atoms with Crippen molar-refractivity contribution in [3.05, 3.63) is 0 Å². The summed E-state index contributed by atoms with van der Waals surface area (Å²) < 4.78 is 5.47. The minimum Gasteiger partial charge on any atom is -0.381 e. The Morgan fingerprint density at radius 3 is 2.38 bits per heavy atom. The van der Waals surface area contributed by atoms with Crippen molar-refractivity contribution >= 4 is 17.3 Å². The standard InChI is InChI=1S/C12H26N2OS/c1-10(2)8-14-12(16)13-6-5-7-15-9-11(3)4/h10-11H,5-9H2,1-4H3,(H2,13,14,16). The first-order valence-corrected chi connectivity index (χ1v) is 6.52. The maximum absolute atomic E-state index is 5.47. The SMILES string of the molecule is CC(C)CNC(=S)NCCCOCC(C)C. The number of hydrogen-bond acceptors (Lipinski definition) is 2. The monoisotopic (exact) mass is 246 g/mol. The van der Waals surface area contributed by atoms with E-state index in [0.29, 0.717) is 11.8 Å². The van der Waals surface area contributed by atoms with Crippen LogP contribution in [0, 0.1) is 11.8 Å². The topological polar surface area (TPSA) is 33.3 Å². The molecule has 0 radical (unpaired) electrons. The minimum atomic E-state index is 0.613. The molecule has 0 aromatic rings. The first-order valence-electron chi connectivity index (χ1n) is 6.11. The molecule has 0 saturated heterocycles. The molecule has 16 heavy (non-hydrogen) atoms. The molecule has 0 aliphatic rings. The molecule has 0 rings (SSSR count). The van der Waals surface area contributed by atoms with Crippen molar-refractivity contribution < 1.29 is 4.74 Å². The van der Waals surface area contributed by atoms with Gasteiger partial charge in [0.05, 0.1) is 0 Å². The second-order valence-corrected chi connectivity index (χ2v) is 5.26. The number of hydrogen-bond donors (Lipinski definition) is 2. The minimum absolute atomic E-state index is 0.613. The molecule has 0 atom stereocenters. The van der Waals surface area contributed by atoms with Gasteiger partial charge in [0.2, 0.25) is 0 Å². The van der Waals surface area contributed by atoms with E-state index in [0.717, 1.165) is 37.8 Å². The van der Waals surface area contributed by atoms with Gasteiger partial charge >= 0.3 is 0 Å². The number of ether oxygens (including phenoxy) is 1. The predicted molar refractivity (Wildman–Crippen MR) is 73.7 cm³/mol. The van der Waals surface area contributed by atoms with Crippen LogP contribution in [0.5, 0.6) is 0 Å². The van der Waals surface area contributed by atoms with E-state index in [2.05, 4.69) is 38.3 Å². The van der Waals surface area contributed by atoms with Crippen molar-refractivity contribution in [1.29, 1.82) is 0 Å². The molecule has 0 bridgehead atoms. The highest BCUT2D eigenvalue weighted by molar-refractivity contribution is 7.80. The summed E-state index contributed by atoms with van der Waals surface area (Å²) in [4.78, 5) is 0. The molecule has 0 aromatic carbocycles. The van der Waals surface area contributed by atoms with Crippen LogP contribution in [-0.2, 0) is 4.74 Å². The fraction of sp³-hybridized carbons (Fsp3) is 0.917. The van der Waals surface area contributed by atoms with Gasteiger partial charge in [0.1, 0.15) is 0 Å². The summed E-state index contributed by atoms with van der Waals surface area (Å²) in [6, 6.07) is 0. The zero-order valence-electron chi connectivity index (χ0n) is 11.0. The zero-order valence-corrected chi connectivity index (χ0v) is 11.8. The van der Waals surface area contributed by atoms with Gasteiger partial charge in [-0.25, -0.2) is 0 Å². The lowest BCUT2D eigenvalue weighted by Crippen LogP contribution is -2.37. The van der Waals surface area contributed by atoms with Crippen LogP contribution in [0.2, 0.25) is 0 Å². The molecule has 0 fully saturated rings. The van der Waals surface area contributed by atoms with Gasteiger partial charge in [-0.3, -0.25) is 0 Å². The Kier molecular flexibility index (Phi) is 9.63. The van der Waals surface area contributed by atoms with Crippen molar-refractivity contribution in [1.82, 2.24) is 10.6 Å². The van der Waals surface area contributed by atoms with Crippen LogP contribution in [0.4, 0.5) is 0 Å².